The minimum Gasteiger partial charge on any atom is -0.361 e. The molecule has 0 unspecified atom stereocenters. The first kappa shape index (κ1) is 11.6. The average Bonchev–Trinajstić information content (AvgIpc) is 2.99. The van der Waals surface area contributed by atoms with Crippen molar-refractivity contribution < 1.29 is 4.52 Å². The molecule has 90 valence electrons. The fraction of sp³-hybridized carbons (Fsp3) is 0.750. The molecule has 4 nitrogen and oxygen atoms in total. The second kappa shape index (κ2) is 5.46. The summed E-state index contributed by atoms with van der Waals surface area (Å²) in [5.41, 5.74) is 1.02. The first-order valence-corrected chi connectivity index (χ1v) is 6.15. The van der Waals surface area contributed by atoms with Gasteiger partial charge in [-0.2, -0.15) is 0 Å². The van der Waals surface area contributed by atoms with Crippen molar-refractivity contribution in [2.75, 3.05) is 13.1 Å². The average molecular weight is 223 g/mol. The van der Waals surface area contributed by atoms with Gasteiger partial charge in [0, 0.05) is 37.7 Å². The number of nitrogens with zero attached hydrogens (tertiary/aromatic N) is 1. The van der Waals surface area contributed by atoms with Gasteiger partial charge in [-0.25, -0.2) is 0 Å². The molecule has 1 heterocycles. The third-order valence-electron chi connectivity index (χ3n) is 2.72. The lowest BCUT2D eigenvalue weighted by molar-refractivity contribution is 0.376. The molecule has 16 heavy (non-hydrogen) atoms. The van der Waals surface area contributed by atoms with E-state index in [0.29, 0.717) is 12.0 Å². The summed E-state index contributed by atoms with van der Waals surface area (Å²) >= 11 is 0. The van der Waals surface area contributed by atoms with Gasteiger partial charge < -0.3 is 15.2 Å². The highest BCUT2D eigenvalue weighted by molar-refractivity contribution is 5.14. The minimum absolute atomic E-state index is 0.551. The van der Waals surface area contributed by atoms with Crippen LogP contribution in [0.15, 0.2) is 10.6 Å². The maximum atomic E-state index is 5.28. The molecule has 0 bridgehead atoms. The Morgan fingerprint density at radius 3 is 2.94 bits per heavy atom. The largest absolute Gasteiger partial charge is 0.361 e. The molecule has 1 aromatic rings. The van der Waals surface area contributed by atoms with E-state index in [-0.39, 0.29) is 0 Å². The SMILES string of the molecule is CC(C)NCCNCc1cc(C2CC2)on1. The molecule has 2 rings (SSSR count). The molecule has 0 radical (unpaired) electrons. The molecule has 0 spiro atoms. The molecule has 4 heteroatoms. The predicted octanol–water partition coefficient (Wildman–Crippen LogP) is 1.64. The summed E-state index contributed by atoms with van der Waals surface area (Å²) in [6.45, 7) is 7.06. The summed E-state index contributed by atoms with van der Waals surface area (Å²) in [6, 6.07) is 2.64. The van der Waals surface area contributed by atoms with Gasteiger partial charge in [0.05, 0.1) is 5.69 Å². The Labute approximate surface area is 96.8 Å². The van der Waals surface area contributed by atoms with Gasteiger partial charge in [0.25, 0.3) is 0 Å². The molecular weight excluding hydrogens is 202 g/mol. The van der Waals surface area contributed by atoms with E-state index in [1.165, 1.54) is 12.8 Å². The van der Waals surface area contributed by atoms with Crippen molar-refractivity contribution in [3.05, 3.63) is 17.5 Å². The Balaban J connectivity index is 1.61. The summed E-state index contributed by atoms with van der Waals surface area (Å²) < 4.78 is 5.28. The van der Waals surface area contributed by atoms with Gasteiger partial charge in [0.1, 0.15) is 5.76 Å². The van der Waals surface area contributed by atoms with Crippen LogP contribution >= 0.6 is 0 Å². The van der Waals surface area contributed by atoms with Gasteiger partial charge in [-0.3, -0.25) is 0 Å². The molecule has 1 aromatic heterocycles. The van der Waals surface area contributed by atoms with Crippen LogP contribution in [0.5, 0.6) is 0 Å². The van der Waals surface area contributed by atoms with Crippen LogP contribution in [0.3, 0.4) is 0 Å². The van der Waals surface area contributed by atoms with Crippen LogP contribution in [0.4, 0.5) is 0 Å². The van der Waals surface area contributed by atoms with E-state index < -0.39 is 0 Å². The Morgan fingerprint density at radius 2 is 2.25 bits per heavy atom. The van der Waals surface area contributed by atoms with Crippen LogP contribution in [0.1, 0.15) is 44.1 Å². The molecule has 0 aliphatic heterocycles. The summed E-state index contributed by atoms with van der Waals surface area (Å²) in [5.74, 6) is 1.72. The number of hydrogen-bond acceptors (Lipinski definition) is 4. The van der Waals surface area contributed by atoms with Gasteiger partial charge in [-0.1, -0.05) is 19.0 Å². The van der Waals surface area contributed by atoms with Crippen molar-refractivity contribution in [3.63, 3.8) is 0 Å². The number of aromatic nitrogens is 1. The van der Waals surface area contributed by atoms with Gasteiger partial charge in [0.2, 0.25) is 0 Å². The quantitative estimate of drug-likeness (QED) is 0.690. The maximum Gasteiger partial charge on any atom is 0.140 e. The fourth-order valence-electron chi connectivity index (χ4n) is 1.64. The molecule has 0 aromatic carbocycles. The lowest BCUT2D eigenvalue weighted by Crippen LogP contribution is -2.31. The Morgan fingerprint density at radius 1 is 1.44 bits per heavy atom. The first-order chi connectivity index (χ1) is 7.75. The van der Waals surface area contributed by atoms with Crippen LogP contribution in [0.25, 0.3) is 0 Å². The first-order valence-electron chi connectivity index (χ1n) is 6.15. The second-order valence-corrected chi connectivity index (χ2v) is 4.78. The zero-order valence-electron chi connectivity index (χ0n) is 10.1. The highest BCUT2D eigenvalue weighted by Crippen LogP contribution is 2.40. The normalized spacial score (nSPS) is 15.9. The standard InChI is InChI=1S/C12H21N3O/c1-9(2)14-6-5-13-8-11-7-12(16-15-11)10-3-4-10/h7,9-10,13-14H,3-6,8H2,1-2H3. The van der Waals surface area contributed by atoms with E-state index >= 15 is 0 Å². The van der Waals surface area contributed by atoms with Crippen LogP contribution < -0.4 is 10.6 Å². The summed E-state index contributed by atoms with van der Waals surface area (Å²) in [5, 5.41) is 10.8. The Kier molecular flexibility index (Phi) is 3.96. The van der Waals surface area contributed by atoms with E-state index in [9.17, 15) is 0 Å². The van der Waals surface area contributed by atoms with Crippen LogP contribution in [0.2, 0.25) is 0 Å². The van der Waals surface area contributed by atoms with Crippen LogP contribution in [0, 0.1) is 0 Å². The zero-order chi connectivity index (χ0) is 11.4. The third kappa shape index (κ3) is 3.61. The molecule has 1 saturated carbocycles. The molecule has 1 fully saturated rings. The zero-order valence-corrected chi connectivity index (χ0v) is 10.1. The lowest BCUT2D eigenvalue weighted by atomic mass is 10.3. The van der Waals surface area contributed by atoms with Crippen molar-refractivity contribution in [2.45, 2.75) is 45.2 Å². The van der Waals surface area contributed by atoms with Gasteiger partial charge >= 0.3 is 0 Å². The van der Waals surface area contributed by atoms with Crippen molar-refractivity contribution in [3.8, 4) is 0 Å². The van der Waals surface area contributed by atoms with E-state index in [2.05, 4.69) is 35.7 Å². The van der Waals surface area contributed by atoms with Gasteiger partial charge in [-0.15, -0.1) is 0 Å². The van der Waals surface area contributed by atoms with Crippen molar-refractivity contribution in [1.82, 2.24) is 15.8 Å². The van der Waals surface area contributed by atoms with E-state index in [1.807, 2.05) is 0 Å². The fourth-order valence-corrected chi connectivity index (χ4v) is 1.64. The molecule has 1 aliphatic rings. The van der Waals surface area contributed by atoms with Crippen molar-refractivity contribution >= 4 is 0 Å². The van der Waals surface area contributed by atoms with Crippen molar-refractivity contribution in [1.29, 1.82) is 0 Å². The number of nitrogens with one attached hydrogen (secondary N) is 2. The molecule has 0 atom stereocenters. The molecule has 0 amide bonds. The van der Waals surface area contributed by atoms with Crippen LogP contribution in [-0.2, 0) is 6.54 Å². The Bertz CT molecular complexity index is 318. The highest BCUT2D eigenvalue weighted by Gasteiger charge is 2.27. The predicted molar refractivity (Wildman–Crippen MR) is 63.3 cm³/mol. The Hall–Kier alpha value is -0.870. The smallest absolute Gasteiger partial charge is 0.140 e. The minimum atomic E-state index is 0.551. The molecule has 0 saturated heterocycles. The summed E-state index contributed by atoms with van der Waals surface area (Å²) in [4.78, 5) is 0. The number of hydrogen-bond donors (Lipinski definition) is 2. The van der Waals surface area contributed by atoms with E-state index in [1.54, 1.807) is 0 Å². The molecular formula is C12H21N3O. The third-order valence-corrected chi connectivity index (χ3v) is 2.72. The summed E-state index contributed by atoms with van der Waals surface area (Å²) in [6.07, 6.45) is 2.53. The van der Waals surface area contributed by atoms with E-state index in [4.69, 9.17) is 4.52 Å². The topological polar surface area (TPSA) is 50.1 Å². The lowest BCUT2D eigenvalue weighted by Gasteiger charge is -2.07. The number of rotatable bonds is 7. The molecule has 2 N–H and O–H groups in total. The van der Waals surface area contributed by atoms with Gasteiger partial charge in [-0.05, 0) is 12.8 Å². The second-order valence-electron chi connectivity index (χ2n) is 4.78. The molecule has 1 aliphatic carbocycles. The highest BCUT2D eigenvalue weighted by atomic mass is 16.5. The summed E-state index contributed by atoms with van der Waals surface area (Å²) in [7, 11) is 0. The van der Waals surface area contributed by atoms with Crippen molar-refractivity contribution in [2.24, 2.45) is 0 Å². The monoisotopic (exact) mass is 223 g/mol. The maximum absolute atomic E-state index is 5.28. The van der Waals surface area contributed by atoms with Gasteiger partial charge in [0.15, 0.2) is 0 Å². The van der Waals surface area contributed by atoms with E-state index in [0.717, 1.165) is 31.1 Å². The van der Waals surface area contributed by atoms with Crippen LogP contribution in [-0.4, -0.2) is 24.3 Å².